The Morgan fingerprint density at radius 1 is 1.11 bits per heavy atom. The maximum atomic E-state index is 13.1. The van der Waals surface area contributed by atoms with Gasteiger partial charge in [-0.2, -0.15) is 0 Å². The summed E-state index contributed by atoms with van der Waals surface area (Å²) in [5.41, 5.74) is 1.94. The van der Waals surface area contributed by atoms with E-state index in [1.165, 1.54) is 18.2 Å². The fourth-order valence-electron chi connectivity index (χ4n) is 1.63. The van der Waals surface area contributed by atoms with Gasteiger partial charge < -0.3 is 0 Å². The number of carbonyl (C=O) groups excluding carboxylic acids is 1. The summed E-state index contributed by atoms with van der Waals surface area (Å²) in [5, 5.41) is 0. The van der Waals surface area contributed by atoms with Gasteiger partial charge in [0.15, 0.2) is 5.78 Å². The molecule has 0 aliphatic carbocycles. The molecule has 2 heteroatoms. The van der Waals surface area contributed by atoms with Gasteiger partial charge in [0.2, 0.25) is 0 Å². The summed E-state index contributed by atoms with van der Waals surface area (Å²) >= 11 is 0. The van der Waals surface area contributed by atoms with E-state index in [1.54, 1.807) is 19.1 Å². The molecule has 2 rings (SSSR count). The van der Waals surface area contributed by atoms with Gasteiger partial charge in [-0.05, 0) is 42.3 Å². The van der Waals surface area contributed by atoms with Gasteiger partial charge in [-0.3, -0.25) is 4.79 Å². The average Bonchev–Trinajstić information content (AvgIpc) is 2.40. The summed E-state index contributed by atoms with van der Waals surface area (Å²) in [7, 11) is 0. The zero-order valence-corrected chi connectivity index (χ0v) is 10.1. The van der Waals surface area contributed by atoms with Crippen molar-refractivity contribution < 1.29 is 9.18 Å². The van der Waals surface area contributed by atoms with Crippen molar-refractivity contribution in [3.63, 3.8) is 0 Å². The molecule has 90 valence electrons. The van der Waals surface area contributed by atoms with E-state index in [9.17, 15) is 9.18 Å². The number of carbonyl (C=O) groups is 1. The maximum absolute atomic E-state index is 13.1. The maximum Gasteiger partial charge on any atom is 0.185 e. The second-order valence-electron chi connectivity index (χ2n) is 4.07. The van der Waals surface area contributed by atoms with Gasteiger partial charge in [0, 0.05) is 5.56 Å². The SMILES string of the molecule is Cc1cc(C(=O)C=Cc2ccccc2)ccc1F. The number of ketones is 1. The van der Waals surface area contributed by atoms with E-state index in [0.29, 0.717) is 11.1 Å². The lowest BCUT2D eigenvalue weighted by molar-refractivity contribution is 0.104. The topological polar surface area (TPSA) is 17.1 Å². The molecule has 0 fully saturated rings. The minimum Gasteiger partial charge on any atom is -0.289 e. The second-order valence-corrected chi connectivity index (χ2v) is 4.07. The van der Waals surface area contributed by atoms with E-state index < -0.39 is 0 Å². The molecule has 18 heavy (non-hydrogen) atoms. The number of rotatable bonds is 3. The van der Waals surface area contributed by atoms with E-state index in [4.69, 9.17) is 0 Å². The molecule has 0 atom stereocenters. The van der Waals surface area contributed by atoms with E-state index in [1.807, 2.05) is 30.3 Å². The number of benzene rings is 2. The molecule has 0 bridgehead atoms. The Morgan fingerprint density at radius 2 is 1.83 bits per heavy atom. The van der Waals surface area contributed by atoms with E-state index >= 15 is 0 Å². The lowest BCUT2D eigenvalue weighted by Crippen LogP contribution is -1.96. The summed E-state index contributed by atoms with van der Waals surface area (Å²) in [6.07, 6.45) is 3.25. The fourth-order valence-corrected chi connectivity index (χ4v) is 1.63. The molecule has 0 heterocycles. The van der Waals surface area contributed by atoms with E-state index in [-0.39, 0.29) is 11.6 Å². The molecule has 0 unspecified atom stereocenters. The highest BCUT2D eigenvalue weighted by molar-refractivity contribution is 6.06. The van der Waals surface area contributed by atoms with Crippen LogP contribution in [0.25, 0.3) is 6.08 Å². The first-order chi connectivity index (χ1) is 8.66. The zero-order valence-electron chi connectivity index (χ0n) is 10.1. The van der Waals surface area contributed by atoms with Crippen molar-refractivity contribution in [2.45, 2.75) is 6.92 Å². The van der Waals surface area contributed by atoms with Crippen LogP contribution in [0.4, 0.5) is 4.39 Å². The van der Waals surface area contributed by atoms with Crippen LogP contribution in [-0.2, 0) is 0 Å². The van der Waals surface area contributed by atoms with Gasteiger partial charge in [-0.1, -0.05) is 36.4 Å². The summed E-state index contributed by atoms with van der Waals surface area (Å²) in [6, 6.07) is 14.0. The molecule has 2 aromatic rings. The molecular formula is C16H13FO. The van der Waals surface area contributed by atoms with Crippen LogP contribution < -0.4 is 0 Å². The monoisotopic (exact) mass is 240 g/mol. The molecule has 0 aliphatic heterocycles. The average molecular weight is 240 g/mol. The summed E-state index contributed by atoms with van der Waals surface area (Å²) < 4.78 is 13.1. The normalized spacial score (nSPS) is 10.8. The third kappa shape index (κ3) is 2.92. The molecule has 0 radical (unpaired) electrons. The highest BCUT2D eigenvalue weighted by Gasteiger charge is 2.04. The minimum absolute atomic E-state index is 0.123. The lowest BCUT2D eigenvalue weighted by atomic mass is 10.1. The molecule has 2 aromatic carbocycles. The Hall–Kier alpha value is -2.22. The quantitative estimate of drug-likeness (QED) is 0.584. The van der Waals surface area contributed by atoms with E-state index in [0.717, 1.165) is 5.56 Å². The Kier molecular flexibility index (Phi) is 3.68. The predicted molar refractivity (Wildman–Crippen MR) is 70.9 cm³/mol. The molecule has 1 nitrogen and oxygen atoms in total. The van der Waals surface area contributed by atoms with Crippen molar-refractivity contribution in [3.8, 4) is 0 Å². The van der Waals surface area contributed by atoms with Crippen LogP contribution in [-0.4, -0.2) is 5.78 Å². The Morgan fingerprint density at radius 3 is 2.50 bits per heavy atom. The number of hydrogen-bond donors (Lipinski definition) is 0. The van der Waals surface area contributed by atoms with Gasteiger partial charge in [0.25, 0.3) is 0 Å². The summed E-state index contributed by atoms with van der Waals surface area (Å²) in [6.45, 7) is 1.65. The van der Waals surface area contributed by atoms with Gasteiger partial charge in [-0.25, -0.2) is 4.39 Å². The van der Waals surface area contributed by atoms with Crippen molar-refractivity contribution in [1.29, 1.82) is 0 Å². The largest absolute Gasteiger partial charge is 0.289 e. The van der Waals surface area contributed by atoms with Crippen LogP contribution in [0.3, 0.4) is 0 Å². The van der Waals surface area contributed by atoms with Crippen LogP contribution in [0.15, 0.2) is 54.6 Å². The van der Waals surface area contributed by atoms with Crippen LogP contribution in [0.5, 0.6) is 0 Å². The zero-order chi connectivity index (χ0) is 13.0. The Balaban J connectivity index is 2.17. The van der Waals surface area contributed by atoms with Crippen LogP contribution >= 0.6 is 0 Å². The smallest absolute Gasteiger partial charge is 0.185 e. The molecule has 0 aromatic heterocycles. The van der Waals surface area contributed by atoms with Crippen LogP contribution in [0, 0.1) is 12.7 Å². The van der Waals surface area contributed by atoms with Crippen molar-refractivity contribution in [3.05, 3.63) is 77.1 Å². The molecule has 0 saturated heterocycles. The van der Waals surface area contributed by atoms with Crippen molar-refractivity contribution in [2.24, 2.45) is 0 Å². The van der Waals surface area contributed by atoms with E-state index in [2.05, 4.69) is 0 Å². The third-order valence-corrected chi connectivity index (χ3v) is 2.67. The van der Waals surface area contributed by atoms with Crippen molar-refractivity contribution in [2.75, 3.05) is 0 Å². The Labute approximate surface area is 106 Å². The first-order valence-electron chi connectivity index (χ1n) is 5.70. The number of hydrogen-bond acceptors (Lipinski definition) is 1. The van der Waals surface area contributed by atoms with Gasteiger partial charge in [0.05, 0.1) is 0 Å². The first-order valence-corrected chi connectivity index (χ1v) is 5.70. The van der Waals surface area contributed by atoms with Crippen molar-refractivity contribution in [1.82, 2.24) is 0 Å². The molecule has 0 amide bonds. The van der Waals surface area contributed by atoms with Gasteiger partial charge in [-0.15, -0.1) is 0 Å². The minimum atomic E-state index is -0.293. The van der Waals surface area contributed by atoms with Crippen LogP contribution in [0.2, 0.25) is 0 Å². The molecule has 0 saturated carbocycles. The number of allylic oxidation sites excluding steroid dienone is 1. The summed E-state index contributed by atoms with van der Waals surface area (Å²) in [5.74, 6) is -0.416. The highest BCUT2D eigenvalue weighted by Crippen LogP contribution is 2.11. The fraction of sp³-hybridized carbons (Fsp3) is 0.0625. The van der Waals surface area contributed by atoms with Gasteiger partial charge >= 0.3 is 0 Å². The Bertz CT molecular complexity index is 585. The lowest BCUT2D eigenvalue weighted by Gasteiger charge is -1.99. The van der Waals surface area contributed by atoms with Crippen molar-refractivity contribution >= 4 is 11.9 Å². The predicted octanol–water partition coefficient (Wildman–Crippen LogP) is 4.03. The molecule has 0 N–H and O–H groups in total. The third-order valence-electron chi connectivity index (χ3n) is 2.67. The summed E-state index contributed by atoms with van der Waals surface area (Å²) in [4.78, 5) is 11.9. The van der Waals surface area contributed by atoms with Crippen LogP contribution in [0.1, 0.15) is 21.5 Å². The number of aryl methyl sites for hydroxylation is 1. The van der Waals surface area contributed by atoms with Gasteiger partial charge in [0.1, 0.15) is 5.82 Å². The second kappa shape index (κ2) is 5.41. The highest BCUT2D eigenvalue weighted by atomic mass is 19.1. The first kappa shape index (κ1) is 12.2. The molecule has 0 spiro atoms. The number of halogens is 1. The molecular weight excluding hydrogens is 227 g/mol. The standard InChI is InChI=1S/C16H13FO/c1-12-11-14(8-9-15(12)17)16(18)10-7-13-5-3-2-4-6-13/h2-11H,1H3. The molecule has 0 aliphatic rings.